The van der Waals surface area contributed by atoms with Crippen molar-refractivity contribution < 1.29 is 26.0 Å². The molecule has 0 bridgehead atoms. The number of phenolic OH excluding ortho intramolecular Hbond substituents is 1. The first-order chi connectivity index (χ1) is 15.4. The maximum absolute atomic E-state index is 11.2. The van der Waals surface area contributed by atoms with E-state index in [2.05, 4.69) is 58.0 Å². The molecule has 0 saturated carbocycles. The molecule has 0 aromatic heterocycles. The summed E-state index contributed by atoms with van der Waals surface area (Å²) in [5, 5.41) is 11.2. The van der Waals surface area contributed by atoms with Gasteiger partial charge in [0.25, 0.3) is 0 Å². The number of benzene rings is 3. The zero-order chi connectivity index (χ0) is 23.6. The van der Waals surface area contributed by atoms with Crippen molar-refractivity contribution in [3.05, 3.63) is 89.5 Å². The molecule has 0 saturated heterocycles. The van der Waals surface area contributed by atoms with Crippen LogP contribution in [0.1, 0.15) is 57.2 Å². The molecule has 168 valence electrons. The van der Waals surface area contributed by atoms with E-state index in [-0.39, 0.29) is 11.5 Å². The molecule has 0 radical (unpaired) electrons. The third kappa shape index (κ3) is 7.04. The van der Waals surface area contributed by atoms with Crippen molar-refractivity contribution in [2.45, 2.75) is 52.0 Å². The van der Waals surface area contributed by atoms with E-state index in [9.17, 15) is 5.11 Å². The Morgan fingerprint density at radius 1 is 0.906 bits per heavy atom. The summed E-state index contributed by atoms with van der Waals surface area (Å²) < 4.78 is 0. The number of hydrogen-bond donors (Lipinski definition) is 1. The molecule has 0 heterocycles. The van der Waals surface area contributed by atoms with Gasteiger partial charge < -0.3 is 5.11 Å². The predicted molar refractivity (Wildman–Crippen MR) is 136 cm³/mol. The summed E-state index contributed by atoms with van der Waals surface area (Å²) >= 11 is -0.826. The number of rotatable bonds is 7. The summed E-state index contributed by atoms with van der Waals surface area (Å²) in [6.45, 7) is 8.62. The van der Waals surface area contributed by atoms with E-state index in [0.29, 0.717) is 5.75 Å². The topological polar surface area (TPSA) is 32.6 Å². The molecule has 3 rings (SSSR count). The fourth-order valence-corrected chi connectivity index (χ4v) is 3.72. The van der Waals surface area contributed by atoms with Crippen LogP contribution in [-0.4, -0.2) is 17.4 Å². The summed E-state index contributed by atoms with van der Waals surface area (Å²) in [6.07, 6.45) is 3.84. The molecule has 0 aliphatic rings. The Labute approximate surface area is 211 Å². The fourth-order valence-electron chi connectivity index (χ4n) is 3.72. The molecule has 0 aliphatic carbocycles. The van der Waals surface area contributed by atoms with Gasteiger partial charge in [-0.25, -0.2) is 0 Å². The van der Waals surface area contributed by atoms with Crippen LogP contribution < -0.4 is 0 Å². The molecule has 0 atom stereocenters. The zero-order valence-electron chi connectivity index (χ0n) is 19.1. The van der Waals surface area contributed by atoms with Crippen LogP contribution in [0.3, 0.4) is 0 Å². The Morgan fingerprint density at radius 2 is 1.44 bits per heavy atom. The van der Waals surface area contributed by atoms with Crippen molar-refractivity contribution in [1.29, 1.82) is 0 Å². The van der Waals surface area contributed by atoms with Gasteiger partial charge in [0.15, 0.2) is 0 Å². The number of hydrogen-bond acceptors (Lipinski definition) is 2. The van der Waals surface area contributed by atoms with Gasteiger partial charge in [0.2, 0.25) is 0 Å². The van der Waals surface area contributed by atoms with Gasteiger partial charge in [0.1, 0.15) is 5.75 Å². The molecule has 32 heavy (non-hydrogen) atoms. The Balaban J connectivity index is 0.00000114. The van der Waals surface area contributed by atoms with Crippen molar-refractivity contribution in [2.75, 3.05) is 0 Å². The first-order valence-corrected chi connectivity index (χ1v) is 17.2. The number of nitrogens with zero attached hydrogens (tertiary/aromatic N) is 1. The molecular formula is C27H31Cl2NOZr. The van der Waals surface area contributed by atoms with Crippen LogP contribution in [0.5, 0.6) is 5.75 Å². The third-order valence-corrected chi connectivity index (χ3v) is 5.78. The molecule has 0 fully saturated rings. The molecule has 0 amide bonds. The van der Waals surface area contributed by atoms with Gasteiger partial charge in [-0.15, -0.1) is 0 Å². The normalized spacial score (nSPS) is 11.3. The zero-order valence-corrected chi connectivity index (χ0v) is 23.1. The van der Waals surface area contributed by atoms with Crippen molar-refractivity contribution in [2.24, 2.45) is 4.99 Å². The van der Waals surface area contributed by atoms with Crippen LogP contribution in [0.2, 0.25) is 0 Å². The Kier molecular flexibility index (Phi) is 11.2. The van der Waals surface area contributed by atoms with Crippen molar-refractivity contribution in [1.82, 2.24) is 0 Å². The molecule has 0 unspecified atom stereocenters. The first-order valence-electron chi connectivity index (χ1n) is 10.9. The molecular weight excluding hydrogens is 516 g/mol. The van der Waals surface area contributed by atoms with Crippen LogP contribution in [-0.2, 0) is 26.3 Å². The van der Waals surface area contributed by atoms with Crippen LogP contribution in [0.15, 0.2) is 77.8 Å². The summed E-state index contributed by atoms with van der Waals surface area (Å²) in [5.74, 6) is 0.313. The van der Waals surface area contributed by atoms with E-state index >= 15 is 0 Å². The standard InChI is InChI=1S/C27H31NO.2ClH.Zr/c1-5-24(6-2)28-19-22-17-21(20-13-9-7-10-14-20)18-25(26(22)29)27(3,4)23-15-11-8-12-16-23;;;/h7-19,24,29H,5-6H2,1-4H3;2*1H;/q;;;+2/p-2. The average Bonchev–Trinajstić information content (AvgIpc) is 2.82. The van der Waals surface area contributed by atoms with Gasteiger partial charge in [0, 0.05) is 28.8 Å². The monoisotopic (exact) mass is 545 g/mol. The molecule has 3 aromatic rings. The van der Waals surface area contributed by atoms with Crippen LogP contribution in [0.4, 0.5) is 0 Å². The van der Waals surface area contributed by atoms with Crippen LogP contribution in [0, 0.1) is 0 Å². The van der Waals surface area contributed by atoms with Gasteiger partial charge in [-0.1, -0.05) is 88.4 Å². The minimum atomic E-state index is -0.826. The molecule has 3 aromatic carbocycles. The Bertz CT molecular complexity index is 987. The summed E-state index contributed by atoms with van der Waals surface area (Å²) in [7, 11) is 9.87. The van der Waals surface area contributed by atoms with Gasteiger partial charge in [0.05, 0.1) is 0 Å². The van der Waals surface area contributed by atoms with E-state index in [1.807, 2.05) is 48.7 Å². The molecule has 5 heteroatoms. The first kappa shape index (κ1) is 26.8. The number of halogens is 2. The van der Waals surface area contributed by atoms with E-state index in [1.165, 1.54) is 5.56 Å². The Hall–Kier alpha value is -1.41. The van der Waals surface area contributed by atoms with E-state index < -0.39 is 20.8 Å². The molecule has 1 N–H and O–H groups in total. The Morgan fingerprint density at radius 3 is 1.97 bits per heavy atom. The summed E-state index contributed by atoms with van der Waals surface area (Å²) in [6, 6.07) is 25.1. The number of aliphatic imine (C=N–C) groups is 1. The van der Waals surface area contributed by atoms with Gasteiger partial charge in [-0.2, -0.15) is 0 Å². The molecule has 2 nitrogen and oxygen atoms in total. The third-order valence-electron chi connectivity index (χ3n) is 5.78. The predicted octanol–water partition coefficient (Wildman–Crippen LogP) is 8.37. The van der Waals surface area contributed by atoms with E-state index in [1.54, 1.807) is 0 Å². The number of aromatic hydroxyl groups is 1. The summed E-state index contributed by atoms with van der Waals surface area (Å²) in [4.78, 5) is 4.74. The van der Waals surface area contributed by atoms with Crippen molar-refractivity contribution in [3.8, 4) is 16.9 Å². The second-order valence-corrected chi connectivity index (χ2v) is 11.9. The fraction of sp³-hybridized carbons (Fsp3) is 0.296. The van der Waals surface area contributed by atoms with Crippen LogP contribution >= 0.6 is 17.0 Å². The molecule has 0 spiro atoms. The van der Waals surface area contributed by atoms with E-state index in [0.717, 1.165) is 35.1 Å². The molecule has 0 aliphatic heterocycles. The van der Waals surface area contributed by atoms with E-state index in [4.69, 9.17) is 22.0 Å². The van der Waals surface area contributed by atoms with Crippen molar-refractivity contribution in [3.63, 3.8) is 0 Å². The SMILES string of the molecule is CCC(CC)N=Cc1cc(-c2ccccc2)cc(C(C)(C)c2ccccc2)c1O.[Cl][Zr][Cl]. The quantitative estimate of drug-likeness (QED) is 0.296. The van der Waals surface area contributed by atoms with Gasteiger partial charge in [-0.05, 0) is 41.7 Å². The second-order valence-electron chi connectivity index (χ2n) is 8.14. The minimum absolute atomic E-state index is 0.278. The number of phenols is 1. The van der Waals surface area contributed by atoms with Gasteiger partial charge in [-0.3, -0.25) is 4.99 Å². The van der Waals surface area contributed by atoms with Crippen LogP contribution in [0.25, 0.3) is 11.1 Å². The van der Waals surface area contributed by atoms with Crippen molar-refractivity contribution >= 4 is 23.2 Å². The maximum atomic E-state index is 11.2. The van der Waals surface area contributed by atoms with Gasteiger partial charge >= 0.3 is 37.9 Å². The summed E-state index contributed by atoms with van der Waals surface area (Å²) in [5.41, 5.74) is 4.74. The second kappa shape index (κ2) is 13.3. The average molecular weight is 548 g/mol.